The van der Waals surface area contributed by atoms with Crippen molar-refractivity contribution in [2.24, 2.45) is 0 Å². The van der Waals surface area contributed by atoms with E-state index in [0.717, 1.165) is 88.1 Å². The third-order valence-electron chi connectivity index (χ3n) is 9.42. The molecule has 0 aliphatic carbocycles. The van der Waals surface area contributed by atoms with Crippen molar-refractivity contribution in [3.8, 4) is 22.4 Å². The standard InChI is InChI=1S/C42H26N2O2/c1-23-16-18-26-34(20-23)35-21-24(2)17-19-27(35)39-38(26)43-22-36(44-39)33-14-7-13-32-31-12-6-11-30(41(31)46-42(32)33)29-10-5-9-28-25-8-3-4-15-37(25)45-40(28)29/h3-22H,1-2H3. The predicted octanol–water partition coefficient (Wildman–Crippen LogP) is 11.7. The fraction of sp³-hybridized carbons (Fsp3) is 0.0476. The summed E-state index contributed by atoms with van der Waals surface area (Å²) in [5.41, 5.74) is 11.3. The van der Waals surface area contributed by atoms with Crippen LogP contribution in [-0.4, -0.2) is 9.97 Å². The summed E-state index contributed by atoms with van der Waals surface area (Å²) in [5, 5.41) is 8.93. The van der Waals surface area contributed by atoms with E-state index >= 15 is 0 Å². The van der Waals surface area contributed by atoms with E-state index in [0.29, 0.717) is 0 Å². The van der Waals surface area contributed by atoms with Gasteiger partial charge in [0.05, 0.1) is 22.9 Å². The lowest BCUT2D eigenvalue weighted by atomic mass is 9.96. The lowest BCUT2D eigenvalue weighted by Gasteiger charge is -2.12. The molecule has 3 heterocycles. The molecule has 10 aromatic rings. The summed E-state index contributed by atoms with van der Waals surface area (Å²) < 4.78 is 13.3. The molecule has 10 rings (SSSR count). The van der Waals surface area contributed by atoms with Gasteiger partial charge in [0.15, 0.2) is 0 Å². The second kappa shape index (κ2) is 9.26. The van der Waals surface area contributed by atoms with Crippen LogP contribution in [0.25, 0.3) is 98.8 Å². The van der Waals surface area contributed by atoms with E-state index in [-0.39, 0.29) is 0 Å². The first-order valence-corrected chi connectivity index (χ1v) is 15.6. The summed E-state index contributed by atoms with van der Waals surface area (Å²) in [7, 11) is 0. The Bertz CT molecular complexity index is 2890. The Morgan fingerprint density at radius 1 is 0.435 bits per heavy atom. The van der Waals surface area contributed by atoms with Crippen molar-refractivity contribution in [1.29, 1.82) is 0 Å². The lowest BCUT2D eigenvalue weighted by molar-refractivity contribution is 0.665. The second-order valence-corrected chi connectivity index (χ2v) is 12.3. The Morgan fingerprint density at radius 2 is 0.978 bits per heavy atom. The van der Waals surface area contributed by atoms with Gasteiger partial charge in [-0.3, -0.25) is 4.98 Å². The van der Waals surface area contributed by atoms with Gasteiger partial charge in [-0.2, -0.15) is 0 Å². The number of benzene rings is 7. The molecule has 0 saturated carbocycles. The van der Waals surface area contributed by atoms with Crippen molar-refractivity contribution in [2.45, 2.75) is 13.8 Å². The van der Waals surface area contributed by atoms with Gasteiger partial charge in [0.25, 0.3) is 0 Å². The van der Waals surface area contributed by atoms with E-state index in [2.05, 4.69) is 111 Å². The minimum Gasteiger partial charge on any atom is -0.455 e. The molecule has 0 saturated heterocycles. The van der Waals surface area contributed by atoms with Crippen molar-refractivity contribution in [3.63, 3.8) is 0 Å². The van der Waals surface area contributed by atoms with Gasteiger partial charge in [-0.1, -0.05) is 114 Å². The van der Waals surface area contributed by atoms with Crippen LogP contribution in [0, 0.1) is 13.8 Å². The summed E-state index contributed by atoms with van der Waals surface area (Å²) in [6, 6.07) is 40.3. The van der Waals surface area contributed by atoms with Gasteiger partial charge in [-0.25, -0.2) is 4.98 Å². The first kappa shape index (κ1) is 25.3. The van der Waals surface area contributed by atoms with Crippen molar-refractivity contribution >= 4 is 76.5 Å². The van der Waals surface area contributed by atoms with Gasteiger partial charge in [-0.05, 0) is 36.8 Å². The zero-order chi connectivity index (χ0) is 30.5. The zero-order valence-electron chi connectivity index (χ0n) is 25.3. The van der Waals surface area contributed by atoms with Crippen LogP contribution in [0.4, 0.5) is 0 Å². The minimum atomic E-state index is 0.784. The normalized spacial score (nSPS) is 12.1. The number of para-hydroxylation sites is 4. The molecule has 0 fully saturated rings. The average Bonchev–Trinajstić information content (AvgIpc) is 3.67. The molecule has 0 aliphatic heterocycles. The van der Waals surface area contributed by atoms with Crippen molar-refractivity contribution in [3.05, 3.63) is 133 Å². The Labute approximate surface area is 263 Å². The molecule has 7 aromatic carbocycles. The summed E-state index contributed by atoms with van der Waals surface area (Å²) in [6.45, 7) is 4.27. The second-order valence-electron chi connectivity index (χ2n) is 12.3. The molecule has 3 aromatic heterocycles. The van der Waals surface area contributed by atoms with E-state index in [1.54, 1.807) is 0 Å². The number of fused-ring (bicyclic) bond motifs is 12. The Hall–Kier alpha value is -6.00. The monoisotopic (exact) mass is 590 g/mol. The summed E-state index contributed by atoms with van der Waals surface area (Å²) in [4.78, 5) is 10.4. The molecule has 0 radical (unpaired) electrons. The number of aryl methyl sites for hydroxylation is 2. The molecule has 216 valence electrons. The predicted molar refractivity (Wildman–Crippen MR) is 189 cm³/mol. The molecule has 4 heteroatoms. The first-order valence-electron chi connectivity index (χ1n) is 15.6. The van der Waals surface area contributed by atoms with Gasteiger partial charge in [-0.15, -0.1) is 0 Å². The highest BCUT2D eigenvalue weighted by Crippen LogP contribution is 2.43. The van der Waals surface area contributed by atoms with Gasteiger partial charge < -0.3 is 8.83 Å². The Morgan fingerprint density at radius 3 is 1.67 bits per heavy atom. The molecule has 0 N–H and O–H groups in total. The van der Waals surface area contributed by atoms with E-state index in [9.17, 15) is 0 Å². The molecule has 0 bridgehead atoms. The van der Waals surface area contributed by atoms with E-state index < -0.39 is 0 Å². The average molecular weight is 591 g/mol. The maximum absolute atomic E-state index is 6.84. The quantitative estimate of drug-likeness (QED) is 0.188. The van der Waals surface area contributed by atoms with Crippen LogP contribution in [0.2, 0.25) is 0 Å². The molecule has 0 atom stereocenters. The molecule has 0 amide bonds. The molecule has 0 spiro atoms. The number of furan rings is 2. The van der Waals surface area contributed by atoms with Gasteiger partial charge in [0.2, 0.25) is 0 Å². The third kappa shape index (κ3) is 3.50. The molecular weight excluding hydrogens is 564 g/mol. The van der Waals surface area contributed by atoms with Crippen molar-refractivity contribution in [1.82, 2.24) is 9.97 Å². The summed E-state index contributed by atoms with van der Waals surface area (Å²) in [6.07, 6.45) is 1.89. The zero-order valence-corrected chi connectivity index (χ0v) is 25.3. The molecule has 0 aliphatic rings. The van der Waals surface area contributed by atoms with Crippen LogP contribution in [0.3, 0.4) is 0 Å². The summed E-state index contributed by atoms with van der Waals surface area (Å²) >= 11 is 0. The SMILES string of the molecule is Cc1ccc2c(c1)c1cc(C)ccc1c1nc(-c3cccc4c3oc3c(-c5cccc6c5oc5ccccc56)cccc34)cnc21. The Balaban J connectivity index is 1.23. The Kier molecular flexibility index (Phi) is 5.10. The fourth-order valence-corrected chi connectivity index (χ4v) is 7.27. The van der Waals surface area contributed by atoms with Crippen LogP contribution >= 0.6 is 0 Å². The van der Waals surface area contributed by atoms with Crippen LogP contribution in [0.1, 0.15) is 11.1 Å². The highest BCUT2D eigenvalue weighted by molar-refractivity contribution is 6.23. The highest BCUT2D eigenvalue weighted by atomic mass is 16.3. The molecular formula is C42H26N2O2. The smallest absolute Gasteiger partial charge is 0.144 e. The number of hydrogen-bond acceptors (Lipinski definition) is 4. The largest absolute Gasteiger partial charge is 0.455 e. The van der Waals surface area contributed by atoms with Crippen LogP contribution < -0.4 is 0 Å². The van der Waals surface area contributed by atoms with Gasteiger partial charge >= 0.3 is 0 Å². The van der Waals surface area contributed by atoms with E-state index in [1.165, 1.54) is 21.9 Å². The maximum atomic E-state index is 6.84. The lowest BCUT2D eigenvalue weighted by Crippen LogP contribution is -1.93. The number of rotatable bonds is 2. The van der Waals surface area contributed by atoms with Crippen molar-refractivity contribution < 1.29 is 8.83 Å². The fourth-order valence-electron chi connectivity index (χ4n) is 7.27. The molecule has 4 nitrogen and oxygen atoms in total. The van der Waals surface area contributed by atoms with Crippen LogP contribution in [0.5, 0.6) is 0 Å². The maximum Gasteiger partial charge on any atom is 0.144 e. The molecule has 0 unspecified atom stereocenters. The van der Waals surface area contributed by atoms with Gasteiger partial charge in [0, 0.05) is 49.0 Å². The summed E-state index contributed by atoms with van der Waals surface area (Å²) in [5.74, 6) is 0. The first-order chi connectivity index (χ1) is 22.6. The van der Waals surface area contributed by atoms with E-state index in [1.807, 2.05) is 24.4 Å². The number of aromatic nitrogens is 2. The van der Waals surface area contributed by atoms with Crippen LogP contribution in [-0.2, 0) is 0 Å². The molecule has 46 heavy (non-hydrogen) atoms. The van der Waals surface area contributed by atoms with Crippen molar-refractivity contribution in [2.75, 3.05) is 0 Å². The van der Waals surface area contributed by atoms with Gasteiger partial charge in [0.1, 0.15) is 22.3 Å². The topological polar surface area (TPSA) is 52.1 Å². The van der Waals surface area contributed by atoms with Crippen LogP contribution in [0.15, 0.2) is 130 Å². The van der Waals surface area contributed by atoms with E-state index in [4.69, 9.17) is 18.8 Å². The minimum absolute atomic E-state index is 0.784. The highest BCUT2D eigenvalue weighted by Gasteiger charge is 2.20. The number of hydrogen-bond donors (Lipinski definition) is 0. The third-order valence-corrected chi connectivity index (χ3v) is 9.42. The number of nitrogens with zero attached hydrogens (tertiary/aromatic N) is 2.